The van der Waals surface area contributed by atoms with E-state index in [-0.39, 0.29) is 4.90 Å². The fourth-order valence-corrected chi connectivity index (χ4v) is 5.15. The molecule has 0 amide bonds. The van der Waals surface area contributed by atoms with Crippen LogP contribution < -0.4 is 10.2 Å². The van der Waals surface area contributed by atoms with E-state index in [1.165, 1.54) is 4.31 Å². The highest BCUT2D eigenvalue weighted by Gasteiger charge is 2.29. The number of pyridine rings is 1. The van der Waals surface area contributed by atoms with Crippen molar-refractivity contribution in [1.82, 2.24) is 24.5 Å². The summed E-state index contributed by atoms with van der Waals surface area (Å²) in [6.45, 7) is 3.54. The summed E-state index contributed by atoms with van der Waals surface area (Å²) < 4.78 is 33.0. The Hall–Kier alpha value is -3.83. The zero-order valence-corrected chi connectivity index (χ0v) is 19.3. The van der Waals surface area contributed by atoms with Gasteiger partial charge in [0.05, 0.1) is 4.90 Å². The maximum absolute atomic E-state index is 13.1. The van der Waals surface area contributed by atoms with Crippen LogP contribution in [0.1, 0.15) is 5.89 Å². The van der Waals surface area contributed by atoms with Crippen molar-refractivity contribution in [2.75, 3.05) is 36.4 Å². The molecule has 1 fully saturated rings. The predicted molar refractivity (Wildman–Crippen MR) is 127 cm³/mol. The van der Waals surface area contributed by atoms with Gasteiger partial charge in [-0.25, -0.2) is 18.4 Å². The quantitative estimate of drug-likeness (QED) is 0.447. The molecule has 4 heterocycles. The summed E-state index contributed by atoms with van der Waals surface area (Å²) in [5.74, 6) is 2.55. The average molecular weight is 478 g/mol. The molecule has 34 heavy (non-hydrogen) atoms. The zero-order valence-electron chi connectivity index (χ0n) is 18.5. The number of hydrogen-bond donors (Lipinski definition) is 1. The molecular formula is C23H23N7O3S. The Bertz CT molecular complexity index is 1350. The summed E-state index contributed by atoms with van der Waals surface area (Å²) in [5, 5.41) is 11.6. The van der Waals surface area contributed by atoms with Crippen LogP contribution in [0.4, 0.5) is 17.5 Å². The van der Waals surface area contributed by atoms with Crippen molar-refractivity contribution in [3.05, 3.63) is 72.9 Å². The molecule has 11 heteroatoms. The Morgan fingerprint density at radius 2 is 1.71 bits per heavy atom. The van der Waals surface area contributed by atoms with E-state index in [1.807, 2.05) is 35.2 Å². The van der Waals surface area contributed by atoms with Crippen molar-refractivity contribution >= 4 is 27.5 Å². The lowest BCUT2D eigenvalue weighted by Gasteiger charge is -2.34. The SMILES string of the molecule is Cc1nc(-c2ccc(S(=O)(=O)N3CCN(c4ccc(Nc5ccccn5)nn4)CC3)cc2)co1. The molecule has 1 aromatic carbocycles. The average Bonchev–Trinajstić information content (AvgIpc) is 3.32. The molecule has 4 aromatic rings. The number of nitrogens with zero attached hydrogens (tertiary/aromatic N) is 6. The Morgan fingerprint density at radius 3 is 2.32 bits per heavy atom. The monoisotopic (exact) mass is 477 g/mol. The molecule has 0 radical (unpaired) electrons. The Kier molecular flexibility index (Phi) is 5.95. The van der Waals surface area contributed by atoms with E-state index in [2.05, 4.69) is 25.5 Å². The van der Waals surface area contributed by atoms with Crippen LogP contribution >= 0.6 is 0 Å². The van der Waals surface area contributed by atoms with Crippen molar-refractivity contribution in [2.24, 2.45) is 0 Å². The van der Waals surface area contributed by atoms with Crippen LogP contribution in [-0.4, -0.2) is 59.1 Å². The number of benzene rings is 1. The van der Waals surface area contributed by atoms with Crippen LogP contribution in [0.5, 0.6) is 0 Å². The number of piperazine rings is 1. The highest BCUT2D eigenvalue weighted by Crippen LogP contribution is 2.24. The molecule has 1 aliphatic rings. The zero-order chi connectivity index (χ0) is 23.5. The minimum absolute atomic E-state index is 0.259. The highest BCUT2D eigenvalue weighted by molar-refractivity contribution is 7.89. The minimum atomic E-state index is -3.59. The van der Waals surface area contributed by atoms with E-state index < -0.39 is 10.0 Å². The first kappa shape index (κ1) is 22.0. The first-order valence-electron chi connectivity index (χ1n) is 10.8. The van der Waals surface area contributed by atoms with Gasteiger partial charge < -0.3 is 14.6 Å². The van der Waals surface area contributed by atoms with Crippen molar-refractivity contribution in [3.8, 4) is 11.3 Å². The van der Waals surface area contributed by atoms with Gasteiger partial charge in [-0.3, -0.25) is 0 Å². The second kappa shape index (κ2) is 9.20. The van der Waals surface area contributed by atoms with Gasteiger partial charge in [0.2, 0.25) is 10.0 Å². The summed E-state index contributed by atoms with van der Waals surface area (Å²) in [4.78, 5) is 10.8. The molecule has 0 unspecified atom stereocenters. The molecule has 0 spiro atoms. The van der Waals surface area contributed by atoms with Crippen LogP contribution in [0.15, 0.2) is 76.4 Å². The maximum Gasteiger partial charge on any atom is 0.243 e. The van der Waals surface area contributed by atoms with Gasteiger partial charge in [-0.1, -0.05) is 18.2 Å². The third-order valence-electron chi connectivity index (χ3n) is 5.54. The van der Waals surface area contributed by atoms with Gasteiger partial charge in [-0.15, -0.1) is 10.2 Å². The minimum Gasteiger partial charge on any atom is -0.449 e. The fourth-order valence-electron chi connectivity index (χ4n) is 3.73. The van der Waals surface area contributed by atoms with Gasteiger partial charge in [0.1, 0.15) is 17.8 Å². The molecule has 1 saturated heterocycles. The van der Waals surface area contributed by atoms with Crippen molar-refractivity contribution in [3.63, 3.8) is 0 Å². The lowest BCUT2D eigenvalue weighted by atomic mass is 10.2. The maximum atomic E-state index is 13.1. The lowest BCUT2D eigenvalue weighted by Crippen LogP contribution is -2.48. The van der Waals surface area contributed by atoms with E-state index in [0.717, 1.165) is 5.56 Å². The molecule has 1 N–H and O–H groups in total. The second-order valence-electron chi connectivity index (χ2n) is 7.78. The van der Waals surface area contributed by atoms with Gasteiger partial charge in [-0.05, 0) is 36.4 Å². The second-order valence-corrected chi connectivity index (χ2v) is 9.72. The lowest BCUT2D eigenvalue weighted by molar-refractivity contribution is 0.383. The number of sulfonamides is 1. The van der Waals surface area contributed by atoms with Crippen molar-refractivity contribution < 1.29 is 12.8 Å². The van der Waals surface area contributed by atoms with Crippen LogP contribution in [-0.2, 0) is 10.0 Å². The van der Waals surface area contributed by atoms with Crippen LogP contribution in [0.3, 0.4) is 0 Å². The summed E-state index contributed by atoms with van der Waals surface area (Å²) in [6.07, 6.45) is 3.26. The summed E-state index contributed by atoms with van der Waals surface area (Å²) >= 11 is 0. The standard InChI is InChI=1S/C23H23N7O3S/c1-17-25-20(16-33-17)18-5-7-19(8-6-18)34(31,32)30-14-12-29(13-15-30)23-10-9-22(27-28-23)26-21-4-2-3-11-24-21/h2-11,16H,12-15H2,1H3,(H,24,26,27). The number of nitrogens with one attached hydrogen (secondary N) is 1. The van der Waals surface area contributed by atoms with E-state index in [0.29, 0.717) is 55.2 Å². The smallest absolute Gasteiger partial charge is 0.243 e. The molecule has 5 rings (SSSR count). The van der Waals surface area contributed by atoms with Crippen LogP contribution in [0.25, 0.3) is 11.3 Å². The molecular weight excluding hydrogens is 454 g/mol. The van der Waals surface area contributed by atoms with Crippen LogP contribution in [0.2, 0.25) is 0 Å². The van der Waals surface area contributed by atoms with E-state index >= 15 is 0 Å². The largest absolute Gasteiger partial charge is 0.449 e. The van der Waals surface area contributed by atoms with Gasteiger partial charge in [0.15, 0.2) is 17.5 Å². The Labute approximate surface area is 197 Å². The number of aryl methyl sites for hydroxylation is 1. The van der Waals surface area contributed by atoms with E-state index in [4.69, 9.17) is 4.42 Å². The Morgan fingerprint density at radius 1 is 0.912 bits per heavy atom. The van der Waals surface area contributed by atoms with Gasteiger partial charge in [0.25, 0.3) is 0 Å². The van der Waals surface area contributed by atoms with Gasteiger partial charge in [-0.2, -0.15) is 4.31 Å². The first-order chi connectivity index (χ1) is 16.5. The Balaban J connectivity index is 1.21. The van der Waals surface area contributed by atoms with Crippen molar-refractivity contribution in [1.29, 1.82) is 0 Å². The summed E-state index contributed by atoms with van der Waals surface area (Å²) in [6, 6.07) is 16.0. The molecule has 174 valence electrons. The first-order valence-corrected chi connectivity index (χ1v) is 12.2. The third-order valence-corrected chi connectivity index (χ3v) is 7.45. The molecule has 0 atom stereocenters. The topological polar surface area (TPSA) is 117 Å². The molecule has 0 bridgehead atoms. The van der Waals surface area contributed by atoms with Gasteiger partial charge in [0, 0.05) is 44.9 Å². The fraction of sp³-hybridized carbons (Fsp3) is 0.217. The van der Waals surface area contributed by atoms with Crippen molar-refractivity contribution in [2.45, 2.75) is 11.8 Å². The van der Waals surface area contributed by atoms with E-state index in [1.54, 1.807) is 43.6 Å². The number of oxazole rings is 1. The number of anilines is 3. The predicted octanol–water partition coefficient (Wildman–Crippen LogP) is 3.09. The number of rotatable bonds is 6. The number of hydrogen-bond acceptors (Lipinski definition) is 9. The summed E-state index contributed by atoms with van der Waals surface area (Å²) in [7, 11) is -3.59. The summed E-state index contributed by atoms with van der Waals surface area (Å²) in [5.41, 5.74) is 1.48. The molecule has 1 aliphatic heterocycles. The molecule has 0 saturated carbocycles. The molecule has 0 aliphatic carbocycles. The van der Waals surface area contributed by atoms with Crippen LogP contribution in [0, 0.1) is 6.92 Å². The van der Waals surface area contributed by atoms with E-state index in [9.17, 15) is 8.42 Å². The molecule has 10 nitrogen and oxygen atoms in total. The number of aromatic nitrogens is 4. The normalized spacial score (nSPS) is 14.8. The third kappa shape index (κ3) is 4.61. The highest BCUT2D eigenvalue weighted by atomic mass is 32.2. The van der Waals surface area contributed by atoms with Gasteiger partial charge >= 0.3 is 0 Å². The molecule has 3 aromatic heterocycles.